The molecule has 0 aromatic heterocycles. The van der Waals surface area contributed by atoms with Crippen molar-refractivity contribution in [2.75, 3.05) is 13.2 Å². The van der Waals surface area contributed by atoms with Gasteiger partial charge in [-0.3, -0.25) is 4.79 Å². The quantitative estimate of drug-likeness (QED) is 0.855. The lowest BCUT2D eigenvalue weighted by molar-refractivity contribution is -0.128. The molecule has 1 N–H and O–H groups in total. The van der Waals surface area contributed by atoms with Gasteiger partial charge < -0.3 is 10.0 Å². The summed E-state index contributed by atoms with van der Waals surface area (Å²) in [4.78, 5) is 13.9. The van der Waals surface area contributed by atoms with Crippen molar-refractivity contribution in [3.05, 3.63) is 35.4 Å². The summed E-state index contributed by atoms with van der Waals surface area (Å²) < 4.78 is 0. The zero-order chi connectivity index (χ0) is 14.5. The van der Waals surface area contributed by atoms with Gasteiger partial charge in [-0.25, -0.2) is 0 Å². The molecule has 0 aliphatic carbocycles. The van der Waals surface area contributed by atoms with Gasteiger partial charge in [0.2, 0.25) is 5.91 Å². The molecule has 3 heteroatoms. The first kappa shape index (κ1) is 14.6. The number of carbonyl (C=O) groups excluding carboxylic acids is 1. The molecule has 1 heterocycles. The number of aliphatic hydroxyl groups is 1. The molecular weight excluding hydrogens is 250 g/mol. The number of nitrogens with zero attached hydrogens (tertiary/aromatic N) is 1. The molecule has 106 valence electrons. The molecule has 0 spiro atoms. The zero-order valence-corrected chi connectivity index (χ0v) is 12.1. The maximum atomic E-state index is 12.0. The van der Waals surface area contributed by atoms with Crippen LogP contribution in [0.5, 0.6) is 0 Å². The third kappa shape index (κ3) is 3.61. The smallest absolute Gasteiger partial charge is 0.223 e. The van der Waals surface area contributed by atoms with E-state index in [0.717, 1.165) is 17.7 Å². The van der Waals surface area contributed by atoms with Crippen molar-refractivity contribution >= 4 is 5.91 Å². The van der Waals surface area contributed by atoms with Crippen molar-refractivity contribution in [1.82, 2.24) is 4.90 Å². The van der Waals surface area contributed by atoms with Crippen LogP contribution in [0.25, 0.3) is 0 Å². The van der Waals surface area contributed by atoms with Crippen LogP contribution in [0.15, 0.2) is 24.3 Å². The number of rotatable bonds is 3. The van der Waals surface area contributed by atoms with E-state index in [4.69, 9.17) is 5.11 Å². The lowest BCUT2D eigenvalue weighted by atomic mass is 9.95. The van der Waals surface area contributed by atoms with Crippen LogP contribution in [0.1, 0.15) is 31.4 Å². The summed E-state index contributed by atoms with van der Waals surface area (Å²) in [7, 11) is 0. The minimum atomic E-state index is -0.124. The molecule has 1 aliphatic heterocycles. The number of carbonyl (C=O) groups is 1. The monoisotopic (exact) mass is 271 g/mol. The van der Waals surface area contributed by atoms with Crippen LogP contribution in [-0.4, -0.2) is 29.1 Å². The first-order valence-electron chi connectivity index (χ1n) is 7.06. The highest BCUT2D eigenvalue weighted by atomic mass is 16.2. The molecule has 0 radical (unpaired) electrons. The van der Waals surface area contributed by atoms with Crippen LogP contribution in [0.2, 0.25) is 0 Å². The highest BCUT2D eigenvalue weighted by Gasteiger charge is 2.31. The molecule has 1 unspecified atom stereocenters. The first-order valence-corrected chi connectivity index (χ1v) is 7.06. The Morgan fingerprint density at radius 3 is 2.60 bits per heavy atom. The molecule has 1 fully saturated rings. The van der Waals surface area contributed by atoms with Gasteiger partial charge in [-0.1, -0.05) is 37.8 Å². The van der Waals surface area contributed by atoms with Crippen molar-refractivity contribution < 1.29 is 9.90 Å². The van der Waals surface area contributed by atoms with E-state index >= 15 is 0 Å². The van der Waals surface area contributed by atoms with Crippen molar-refractivity contribution in [1.29, 1.82) is 0 Å². The Morgan fingerprint density at radius 1 is 1.35 bits per heavy atom. The Labute approximate surface area is 120 Å². The third-order valence-electron chi connectivity index (χ3n) is 3.83. The Morgan fingerprint density at radius 2 is 2.05 bits per heavy atom. The highest BCUT2D eigenvalue weighted by molar-refractivity contribution is 5.78. The SMILES string of the molecule is CC(C)C1CC(=O)N(Cc2ccc(C#CCO)cc2)C1. The number of aliphatic hydroxyl groups excluding tert-OH is 1. The number of likely N-dealkylation sites (tertiary alicyclic amines) is 1. The van der Waals surface area contributed by atoms with Gasteiger partial charge in [-0.2, -0.15) is 0 Å². The minimum Gasteiger partial charge on any atom is -0.384 e. The highest BCUT2D eigenvalue weighted by Crippen LogP contribution is 2.26. The fourth-order valence-corrected chi connectivity index (χ4v) is 2.46. The molecule has 2 rings (SSSR count). The standard InChI is InChI=1S/C17H21NO2/c1-13(2)16-10-17(20)18(12-16)11-15-7-5-14(6-8-15)4-3-9-19/h5-8,13,16,19H,9-12H2,1-2H3. The Bertz CT molecular complexity index is 522. The normalized spacial score (nSPS) is 18.3. The predicted molar refractivity (Wildman–Crippen MR) is 78.8 cm³/mol. The van der Waals surface area contributed by atoms with E-state index in [-0.39, 0.29) is 12.5 Å². The molecule has 1 aromatic carbocycles. The van der Waals surface area contributed by atoms with Gasteiger partial charge in [0.25, 0.3) is 0 Å². The molecule has 3 nitrogen and oxygen atoms in total. The summed E-state index contributed by atoms with van der Waals surface area (Å²) in [6, 6.07) is 7.85. The van der Waals surface area contributed by atoms with Crippen LogP contribution in [-0.2, 0) is 11.3 Å². The molecule has 1 amide bonds. The van der Waals surface area contributed by atoms with Crippen molar-refractivity contribution in [3.63, 3.8) is 0 Å². The molecule has 1 saturated heterocycles. The van der Waals surface area contributed by atoms with E-state index in [9.17, 15) is 4.79 Å². The third-order valence-corrected chi connectivity index (χ3v) is 3.83. The van der Waals surface area contributed by atoms with E-state index < -0.39 is 0 Å². The average molecular weight is 271 g/mol. The molecule has 1 aliphatic rings. The van der Waals surface area contributed by atoms with Crippen LogP contribution < -0.4 is 0 Å². The Kier molecular flexibility index (Phi) is 4.81. The lowest BCUT2D eigenvalue weighted by Gasteiger charge is -2.18. The molecule has 1 aromatic rings. The summed E-state index contributed by atoms with van der Waals surface area (Å²) >= 11 is 0. The van der Waals surface area contributed by atoms with Gasteiger partial charge in [-0.05, 0) is 29.5 Å². The number of benzene rings is 1. The van der Waals surface area contributed by atoms with Gasteiger partial charge in [0, 0.05) is 25.1 Å². The van der Waals surface area contributed by atoms with E-state index in [1.165, 1.54) is 0 Å². The maximum absolute atomic E-state index is 12.0. The second-order valence-electron chi connectivity index (χ2n) is 5.64. The second-order valence-corrected chi connectivity index (χ2v) is 5.64. The van der Waals surface area contributed by atoms with E-state index in [0.29, 0.717) is 24.8 Å². The number of amides is 1. The number of hydrogen-bond donors (Lipinski definition) is 1. The van der Waals surface area contributed by atoms with Crippen LogP contribution in [0.4, 0.5) is 0 Å². The summed E-state index contributed by atoms with van der Waals surface area (Å²) in [5.41, 5.74) is 2.01. The van der Waals surface area contributed by atoms with Crippen LogP contribution in [0.3, 0.4) is 0 Å². The zero-order valence-electron chi connectivity index (χ0n) is 12.1. The Balaban J connectivity index is 1.98. The van der Waals surface area contributed by atoms with E-state index in [2.05, 4.69) is 25.7 Å². The topological polar surface area (TPSA) is 40.5 Å². The predicted octanol–water partition coefficient (Wildman–Crippen LogP) is 2.03. The maximum Gasteiger partial charge on any atom is 0.223 e. The van der Waals surface area contributed by atoms with Gasteiger partial charge in [0.1, 0.15) is 6.61 Å². The van der Waals surface area contributed by atoms with E-state index in [1.807, 2.05) is 29.2 Å². The average Bonchev–Trinajstić information content (AvgIpc) is 2.80. The first-order chi connectivity index (χ1) is 9.60. The minimum absolute atomic E-state index is 0.124. The van der Waals surface area contributed by atoms with Gasteiger partial charge in [-0.15, -0.1) is 0 Å². The molecule has 0 saturated carbocycles. The molecule has 1 atom stereocenters. The Hall–Kier alpha value is -1.79. The molecule has 20 heavy (non-hydrogen) atoms. The summed E-state index contributed by atoms with van der Waals surface area (Å²) in [5, 5.41) is 8.65. The summed E-state index contributed by atoms with van der Waals surface area (Å²) in [6.07, 6.45) is 0.678. The summed E-state index contributed by atoms with van der Waals surface area (Å²) in [6.45, 7) is 5.77. The second kappa shape index (κ2) is 6.58. The van der Waals surface area contributed by atoms with Gasteiger partial charge in [0.15, 0.2) is 0 Å². The van der Waals surface area contributed by atoms with Gasteiger partial charge in [0.05, 0.1) is 0 Å². The number of hydrogen-bond acceptors (Lipinski definition) is 2. The molecule has 0 bridgehead atoms. The van der Waals surface area contributed by atoms with Crippen molar-refractivity contribution in [2.45, 2.75) is 26.8 Å². The van der Waals surface area contributed by atoms with Crippen LogP contribution >= 0.6 is 0 Å². The van der Waals surface area contributed by atoms with Crippen LogP contribution in [0, 0.1) is 23.7 Å². The lowest BCUT2D eigenvalue weighted by Crippen LogP contribution is -2.25. The fourth-order valence-electron chi connectivity index (χ4n) is 2.46. The summed E-state index contributed by atoms with van der Waals surface area (Å²) in [5.74, 6) is 6.79. The largest absolute Gasteiger partial charge is 0.384 e. The van der Waals surface area contributed by atoms with Crippen molar-refractivity contribution in [3.8, 4) is 11.8 Å². The fraction of sp³-hybridized carbons (Fsp3) is 0.471. The van der Waals surface area contributed by atoms with Crippen molar-refractivity contribution in [2.24, 2.45) is 11.8 Å². The van der Waals surface area contributed by atoms with Gasteiger partial charge >= 0.3 is 0 Å². The molecular formula is C17H21NO2. The van der Waals surface area contributed by atoms with E-state index in [1.54, 1.807) is 0 Å².